The van der Waals surface area contributed by atoms with Gasteiger partial charge in [0.2, 0.25) is 17.7 Å². The molecule has 0 spiro atoms. The summed E-state index contributed by atoms with van der Waals surface area (Å²) in [4.78, 5) is 84.7. The van der Waals surface area contributed by atoms with Gasteiger partial charge in [0.15, 0.2) is 0 Å². The van der Waals surface area contributed by atoms with Crippen LogP contribution in [0, 0.1) is 0 Å². The topological polar surface area (TPSA) is 303 Å². The predicted octanol–water partition coefficient (Wildman–Crippen LogP) is -1.53. The van der Waals surface area contributed by atoms with Crippen LogP contribution in [0.1, 0.15) is 64.2 Å². The van der Waals surface area contributed by atoms with Gasteiger partial charge in [-0.15, -0.1) is 0 Å². The lowest BCUT2D eigenvalue weighted by molar-refractivity contribution is -0.141. The van der Waals surface area contributed by atoms with E-state index >= 15 is 0 Å². The molecule has 282 valence electrons. The Labute approximate surface area is 284 Å². The number of hydrogen-bond donors (Lipinski definition) is 9. The average molecular weight is 709 g/mol. The lowest BCUT2D eigenvalue weighted by Gasteiger charge is -2.18. The van der Waals surface area contributed by atoms with Crippen LogP contribution in [0.5, 0.6) is 0 Å². The molecule has 0 aliphatic heterocycles. The van der Waals surface area contributed by atoms with Crippen molar-refractivity contribution in [3.05, 3.63) is 0 Å². The summed E-state index contributed by atoms with van der Waals surface area (Å²) in [6.45, 7) is 3.11. The van der Waals surface area contributed by atoms with E-state index in [1.807, 2.05) is 5.32 Å². The molecule has 0 aliphatic carbocycles. The van der Waals surface area contributed by atoms with Crippen LogP contribution in [-0.4, -0.2) is 135 Å². The zero-order valence-corrected chi connectivity index (χ0v) is 27.7. The minimum Gasteiger partial charge on any atom is -0.481 e. The molecule has 0 saturated heterocycles. The van der Waals surface area contributed by atoms with E-state index in [1.54, 1.807) is 0 Å². The SMILES string of the molecule is NOCC(=O)NCCOCCOCCOCCNC(=O)CCCCCCCNC(=O)CCC(NC(=O)NC(CCC(=O)O)C(=O)O)C(=O)O. The van der Waals surface area contributed by atoms with Crippen LogP contribution in [0.25, 0.3) is 0 Å². The molecule has 0 rings (SSSR count). The first-order chi connectivity index (χ1) is 23.5. The van der Waals surface area contributed by atoms with Crippen LogP contribution in [-0.2, 0) is 47.8 Å². The van der Waals surface area contributed by atoms with Gasteiger partial charge in [-0.05, 0) is 25.7 Å². The third-order valence-electron chi connectivity index (χ3n) is 6.51. The molecule has 0 heterocycles. The fourth-order valence-corrected chi connectivity index (χ4v) is 3.96. The Balaban J connectivity index is 3.75. The highest BCUT2D eigenvalue weighted by Crippen LogP contribution is 2.06. The molecular formula is C29H52N6O14. The van der Waals surface area contributed by atoms with E-state index < -0.39 is 48.4 Å². The Morgan fingerprint density at radius 2 is 0.980 bits per heavy atom. The standard InChI is InChI=1S/C29H52N6O14/c30-49-20-25(38)33-13-15-47-17-19-48-18-16-46-14-12-32-23(36)6-4-2-1-3-5-11-31-24(37)9-7-21(27(41)42)34-29(45)35-22(28(43)44)8-10-26(39)40/h21-22H,1-20,30H2,(H,31,37)(H,32,36)(H,33,38)(H,39,40)(H,41,42)(H,43,44)(H2,34,35,45). The zero-order chi connectivity index (χ0) is 36.7. The first-order valence-corrected chi connectivity index (χ1v) is 16.1. The molecule has 2 unspecified atom stereocenters. The third kappa shape index (κ3) is 28.6. The summed E-state index contributed by atoms with van der Waals surface area (Å²) in [5, 5.41) is 39.2. The predicted molar refractivity (Wildman–Crippen MR) is 170 cm³/mol. The summed E-state index contributed by atoms with van der Waals surface area (Å²) in [5.41, 5.74) is 0. The Morgan fingerprint density at radius 1 is 0.531 bits per heavy atom. The molecule has 20 heteroatoms. The van der Waals surface area contributed by atoms with Crippen LogP contribution in [0.2, 0.25) is 0 Å². The molecule has 0 radical (unpaired) electrons. The van der Waals surface area contributed by atoms with E-state index in [2.05, 4.69) is 26.1 Å². The van der Waals surface area contributed by atoms with E-state index in [9.17, 15) is 38.7 Å². The van der Waals surface area contributed by atoms with E-state index in [0.717, 1.165) is 19.3 Å². The van der Waals surface area contributed by atoms with Crippen LogP contribution >= 0.6 is 0 Å². The summed E-state index contributed by atoms with van der Waals surface area (Å²) in [5.74, 6) is -0.150. The second-order valence-electron chi connectivity index (χ2n) is 10.6. The molecule has 5 amide bonds. The number of ether oxygens (including phenoxy) is 3. The number of carbonyl (C=O) groups is 7. The molecule has 20 nitrogen and oxygen atoms in total. The van der Waals surface area contributed by atoms with Crippen molar-refractivity contribution in [1.29, 1.82) is 0 Å². The number of amides is 5. The summed E-state index contributed by atoms with van der Waals surface area (Å²) >= 11 is 0. The van der Waals surface area contributed by atoms with E-state index in [1.165, 1.54) is 0 Å². The number of nitrogens with one attached hydrogen (secondary N) is 5. The molecule has 0 saturated carbocycles. The number of aliphatic carboxylic acids is 3. The van der Waals surface area contributed by atoms with Crippen molar-refractivity contribution in [1.82, 2.24) is 26.6 Å². The van der Waals surface area contributed by atoms with Crippen molar-refractivity contribution in [2.75, 3.05) is 65.9 Å². The first-order valence-electron chi connectivity index (χ1n) is 16.1. The summed E-state index contributed by atoms with van der Waals surface area (Å²) in [6, 6.07) is -4.09. The van der Waals surface area contributed by atoms with Crippen molar-refractivity contribution >= 4 is 41.7 Å². The molecule has 0 aliphatic rings. The van der Waals surface area contributed by atoms with Crippen molar-refractivity contribution in [3.8, 4) is 0 Å². The summed E-state index contributed by atoms with van der Waals surface area (Å²) in [7, 11) is 0. The smallest absolute Gasteiger partial charge is 0.326 e. The molecular weight excluding hydrogens is 656 g/mol. The van der Waals surface area contributed by atoms with E-state index in [4.69, 9.17) is 30.3 Å². The Bertz CT molecular complexity index is 1000. The average Bonchev–Trinajstić information content (AvgIpc) is 3.04. The lowest BCUT2D eigenvalue weighted by Crippen LogP contribution is -2.51. The van der Waals surface area contributed by atoms with Gasteiger partial charge in [0.25, 0.3) is 0 Å². The van der Waals surface area contributed by atoms with E-state index in [0.29, 0.717) is 78.5 Å². The summed E-state index contributed by atoms with van der Waals surface area (Å²) in [6.07, 6.45) is 2.98. The number of hydrogen-bond acceptors (Lipinski definition) is 12. The molecule has 0 aromatic carbocycles. The molecule has 10 N–H and O–H groups in total. The minimum atomic E-state index is -1.52. The molecule has 2 atom stereocenters. The number of unbranched alkanes of at least 4 members (excludes halogenated alkanes) is 4. The second-order valence-corrected chi connectivity index (χ2v) is 10.6. The Hall–Kier alpha value is -4.11. The number of carboxylic acids is 3. The fraction of sp³-hybridized carbons (Fsp3) is 0.759. The van der Waals surface area contributed by atoms with Gasteiger partial charge in [0.05, 0.1) is 39.6 Å². The number of carboxylic acid groups (broad SMARTS) is 3. The monoisotopic (exact) mass is 708 g/mol. The van der Waals surface area contributed by atoms with Crippen molar-refractivity contribution < 1.29 is 67.9 Å². The highest BCUT2D eigenvalue weighted by molar-refractivity contribution is 5.86. The van der Waals surface area contributed by atoms with Gasteiger partial charge in [-0.1, -0.05) is 19.3 Å². The lowest BCUT2D eigenvalue weighted by atomic mass is 10.1. The van der Waals surface area contributed by atoms with Crippen LogP contribution in [0.4, 0.5) is 4.79 Å². The van der Waals surface area contributed by atoms with Gasteiger partial charge in [0, 0.05) is 38.9 Å². The number of urea groups is 1. The van der Waals surface area contributed by atoms with Crippen LogP contribution < -0.4 is 32.5 Å². The largest absolute Gasteiger partial charge is 0.481 e. The van der Waals surface area contributed by atoms with Crippen LogP contribution in [0.15, 0.2) is 0 Å². The number of nitrogens with two attached hydrogens (primary N) is 1. The number of rotatable bonds is 32. The molecule has 0 aromatic rings. The van der Waals surface area contributed by atoms with Gasteiger partial charge in [0.1, 0.15) is 18.7 Å². The second kappa shape index (κ2) is 30.0. The van der Waals surface area contributed by atoms with Gasteiger partial charge in [-0.3, -0.25) is 24.0 Å². The minimum absolute atomic E-state index is 0.0671. The third-order valence-corrected chi connectivity index (χ3v) is 6.51. The van der Waals surface area contributed by atoms with Gasteiger partial charge < -0.3 is 56.1 Å². The highest BCUT2D eigenvalue weighted by Gasteiger charge is 2.25. The van der Waals surface area contributed by atoms with Gasteiger partial charge in [-0.2, -0.15) is 0 Å². The van der Waals surface area contributed by atoms with Gasteiger partial charge >= 0.3 is 23.9 Å². The first kappa shape index (κ1) is 44.9. The molecule has 49 heavy (non-hydrogen) atoms. The molecule has 0 aromatic heterocycles. The Morgan fingerprint density at radius 3 is 1.51 bits per heavy atom. The number of carbonyl (C=O) groups excluding carboxylic acids is 4. The zero-order valence-electron chi connectivity index (χ0n) is 27.7. The maximum Gasteiger partial charge on any atom is 0.326 e. The summed E-state index contributed by atoms with van der Waals surface area (Å²) < 4.78 is 16.1. The maximum atomic E-state index is 12.1. The van der Waals surface area contributed by atoms with E-state index in [-0.39, 0.29) is 37.7 Å². The van der Waals surface area contributed by atoms with Gasteiger partial charge in [-0.25, -0.2) is 20.3 Å². The van der Waals surface area contributed by atoms with Crippen molar-refractivity contribution in [3.63, 3.8) is 0 Å². The van der Waals surface area contributed by atoms with Crippen molar-refractivity contribution in [2.24, 2.45) is 5.90 Å². The van der Waals surface area contributed by atoms with Crippen LogP contribution in [0.3, 0.4) is 0 Å². The maximum absolute atomic E-state index is 12.1. The fourth-order valence-electron chi connectivity index (χ4n) is 3.96. The quantitative estimate of drug-likeness (QED) is 0.0283. The molecule has 0 fully saturated rings. The normalized spacial score (nSPS) is 11.9. The molecule has 0 bridgehead atoms. The highest BCUT2D eigenvalue weighted by atomic mass is 16.6. The van der Waals surface area contributed by atoms with Crippen molar-refractivity contribution in [2.45, 2.75) is 76.3 Å². The Kier molecular flexibility index (Phi) is 27.5.